The Balaban J connectivity index is 1.88. The fourth-order valence-electron chi connectivity index (χ4n) is 3.05. The first-order chi connectivity index (χ1) is 9.61. The number of anilines is 1. The predicted molar refractivity (Wildman–Crippen MR) is 86.1 cm³/mol. The molecule has 1 fully saturated rings. The summed E-state index contributed by atoms with van der Waals surface area (Å²) >= 11 is 3.37. The number of nitrogens with zero attached hydrogens (tertiary/aromatic N) is 2. The Morgan fingerprint density at radius 3 is 3.00 bits per heavy atom. The van der Waals surface area contributed by atoms with Crippen LogP contribution in [0.5, 0.6) is 0 Å². The Kier molecular flexibility index (Phi) is 5.64. The molecule has 0 amide bonds. The van der Waals surface area contributed by atoms with Gasteiger partial charge in [-0.15, -0.1) is 0 Å². The van der Waals surface area contributed by atoms with Crippen LogP contribution in [-0.2, 0) is 6.54 Å². The van der Waals surface area contributed by atoms with Crippen molar-refractivity contribution in [3.63, 3.8) is 0 Å². The van der Waals surface area contributed by atoms with Gasteiger partial charge in [0.05, 0.1) is 11.9 Å². The first-order valence-electron chi connectivity index (χ1n) is 7.61. The van der Waals surface area contributed by atoms with Gasteiger partial charge in [-0.05, 0) is 47.5 Å². The average Bonchev–Trinajstić information content (AvgIpc) is 2.44. The lowest BCUT2D eigenvalue weighted by Gasteiger charge is -2.26. The molecule has 5 heteroatoms. The molecule has 2 unspecified atom stereocenters. The van der Waals surface area contributed by atoms with Crippen LogP contribution < -0.4 is 10.9 Å². The first-order valence-corrected chi connectivity index (χ1v) is 8.40. The van der Waals surface area contributed by atoms with Crippen LogP contribution in [0.3, 0.4) is 0 Å². The van der Waals surface area contributed by atoms with Crippen LogP contribution in [0.25, 0.3) is 0 Å². The molecule has 0 bridgehead atoms. The van der Waals surface area contributed by atoms with Crippen molar-refractivity contribution >= 4 is 21.6 Å². The maximum atomic E-state index is 11.9. The van der Waals surface area contributed by atoms with E-state index in [0.717, 1.165) is 24.1 Å². The summed E-state index contributed by atoms with van der Waals surface area (Å²) in [6, 6.07) is 0. The zero-order valence-corrected chi connectivity index (χ0v) is 13.9. The molecular weight excluding hydrogens is 318 g/mol. The molecule has 2 rings (SSSR count). The maximum Gasteiger partial charge on any atom is 0.283 e. The summed E-state index contributed by atoms with van der Waals surface area (Å²) in [6.45, 7) is 5.77. The molecule has 1 aliphatic rings. The van der Waals surface area contributed by atoms with E-state index in [1.165, 1.54) is 36.8 Å². The molecule has 0 aliphatic heterocycles. The molecule has 0 spiro atoms. The van der Waals surface area contributed by atoms with Crippen LogP contribution in [-0.4, -0.2) is 16.3 Å². The standard InChI is InChI=1S/C15H24BrN3O/c1-3-19-15(20)14(16)13(10-18-19)17-8-7-12-6-4-5-11(2)9-12/h10-12,17H,3-9H2,1-2H3. The van der Waals surface area contributed by atoms with Gasteiger partial charge in [-0.3, -0.25) is 4.79 Å². The van der Waals surface area contributed by atoms with Crippen LogP contribution in [0.2, 0.25) is 0 Å². The molecule has 1 aromatic rings. The largest absolute Gasteiger partial charge is 0.383 e. The van der Waals surface area contributed by atoms with Crippen molar-refractivity contribution in [1.82, 2.24) is 9.78 Å². The number of aromatic nitrogens is 2. The summed E-state index contributed by atoms with van der Waals surface area (Å²) in [7, 11) is 0. The highest BCUT2D eigenvalue weighted by molar-refractivity contribution is 9.10. The van der Waals surface area contributed by atoms with E-state index in [0.29, 0.717) is 11.0 Å². The van der Waals surface area contributed by atoms with Crippen molar-refractivity contribution in [3.05, 3.63) is 21.0 Å². The van der Waals surface area contributed by atoms with Gasteiger partial charge in [-0.1, -0.05) is 26.2 Å². The second-order valence-electron chi connectivity index (χ2n) is 5.85. The molecule has 1 heterocycles. The molecule has 4 nitrogen and oxygen atoms in total. The van der Waals surface area contributed by atoms with Crippen molar-refractivity contribution in [3.8, 4) is 0 Å². The molecule has 0 aromatic carbocycles. The quantitative estimate of drug-likeness (QED) is 0.888. The van der Waals surface area contributed by atoms with Crippen molar-refractivity contribution in [2.75, 3.05) is 11.9 Å². The summed E-state index contributed by atoms with van der Waals surface area (Å²) in [5.41, 5.74) is 0.743. The van der Waals surface area contributed by atoms with Gasteiger partial charge in [0.15, 0.2) is 0 Å². The van der Waals surface area contributed by atoms with Crippen LogP contribution >= 0.6 is 15.9 Å². The van der Waals surface area contributed by atoms with Crippen LogP contribution in [0, 0.1) is 11.8 Å². The van der Waals surface area contributed by atoms with Gasteiger partial charge in [-0.2, -0.15) is 5.10 Å². The van der Waals surface area contributed by atoms with Gasteiger partial charge < -0.3 is 5.32 Å². The summed E-state index contributed by atoms with van der Waals surface area (Å²) in [4.78, 5) is 11.9. The van der Waals surface area contributed by atoms with Gasteiger partial charge in [-0.25, -0.2) is 4.68 Å². The third kappa shape index (κ3) is 3.84. The second-order valence-corrected chi connectivity index (χ2v) is 6.64. The minimum absolute atomic E-state index is 0.0659. The average molecular weight is 342 g/mol. The van der Waals surface area contributed by atoms with E-state index in [2.05, 4.69) is 33.3 Å². The Morgan fingerprint density at radius 2 is 2.30 bits per heavy atom. The summed E-state index contributed by atoms with van der Waals surface area (Å²) in [6.07, 6.45) is 8.35. The Bertz CT molecular complexity index is 500. The lowest BCUT2D eigenvalue weighted by Crippen LogP contribution is -2.24. The summed E-state index contributed by atoms with van der Waals surface area (Å²) < 4.78 is 2.05. The fourth-order valence-corrected chi connectivity index (χ4v) is 3.49. The van der Waals surface area contributed by atoms with Crippen molar-refractivity contribution in [1.29, 1.82) is 0 Å². The molecule has 1 saturated carbocycles. The van der Waals surface area contributed by atoms with E-state index < -0.39 is 0 Å². The minimum Gasteiger partial charge on any atom is -0.383 e. The van der Waals surface area contributed by atoms with Gasteiger partial charge in [0, 0.05) is 13.1 Å². The third-order valence-electron chi connectivity index (χ3n) is 4.20. The number of rotatable bonds is 5. The smallest absolute Gasteiger partial charge is 0.283 e. The highest BCUT2D eigenvalue weighted by Gasteiger charge is 2.18. The molecular formula is C15H24BrN3O. The predicted octanol–water partition coefficient (Wildman–Crippen LogP) is 3.65. The monoisotopic (exact) mass is 341 g/mol. The Morgan fingerprint density at radius 1 is 1.50 bits per heavy atom. The van der Waals surface area contributed by atoms with E-state index in [4.69, 9.17) is 0 Å². The fraction of sp³-hybridized carbons (Fsp3) is 0.733. The molecule has 2 atom stereocenters. The Hall–Kier alpha value is -0.840. The molecule has 0 radical (unpaired) electrons. The third-order valence-corrected chi connectivity index (χ3v) is 4.96. The molecule has 112 valence electrons. The lowest BCUT2D eigenvalue weighted by atomic mass is 9.81. The first kappa shape index (κ1) is 15.5. The van der Waals surface area contributed by atoms with Crippen molar-refractivity contribution in [2.24, 2.45) is 11.8 Å². The number of aryl methyl sites for hydroxylation is 1. The number of halogens is 1. The van der Waals surface area contributed by atoms with E-state index in [1.807, 2.05) is 6.92 Å². The number of hydrogen-bond donors (Lipinski definition) is 1. The highest BCUT2D eigenvalue weighted by Crippen LogP contribution is 2.30. The molecule has 0 saturated heterocycles. The lowest BCUT2D eigenvalue weighted by molar-refractivity contribution is 0.274. The number of hydrogen-bond acceptors (Lipinski definition) is 3. The summed E-state index contributed by atoms with van der Waals surface area (Å²) in [5, 5.41) is 7.49. The zero-order valence-electron chi connectivity index (χ0n) is 12.4. The van der Waals surface area contributed by atoms with Crippen molar-refractivity contribution < 1.29 is 0 Å². The van der Waals surface area contributed by atoms with Gasteiger partial charge in [0.25, 0.3) is 5.56 Å². The maximum absolute atomic E-state index is 11.9. The van der Waals surface area contributed by atoms with Crippen molar-refractivity contribution in [2.45, 2.75) is 52.5 Å². The normalized spacial score (nSPS) is 22.8. The molecule has 1 aromatic heterocycles. The molecule has 20 heavy (non-hydrogen) atoms. The summed E-state index contributed by atoms with van der Waals surface area (Å²) in [5.74, 6) is 1.70. The zero-order chi connectivity index (χ0) is 14.5. The van der Waals surface area contributed by atoms with Gasteiger partial charge >= 0.3 is 0 Å². The van der Waals surface area contributed by atoms with Crippen LogP contribution in [0.15, 0.2) is 15.5 Å². The topological polar surface area (TPSA) is 46.9 Å². The Labute approximate surface area is 129 Å². The second kappa shape index (κ2) is 7.25. The van der Waals surface area contributed by atoms with E-state index in [9.17, 15) is 4.79 Å². The molecule has 1 N–H and O–H groups in total. The SMILES string of the molecule is CCn1ncc(NCCC2CCCC(C)C2)c(Br)c1=O. The minimum atomic E-state index is -0.0659. The van der Waals surface area contributed by atoms with E-state index >= 15 is 0 Å². The van der Waals surface area contributed by atoms with Gasteiger partial charge in [0.1, 0.15) is 4.47 Å². The number of nitrogens with one attached hydrogen (secondary N) is 1. The highest BCUT2D eigenvalue weighted by atomic mass is 79.9. The van der Waals surface area contributed by atoms with E-state index in [1.54, 1.807) is 6.20 Å². The van der Waals surface area contributed by atoms with Gasteiger partial charge in [0.2, 0.25) is 0 Å². The molecule has 1 aliphatic carbocycles. The van der Waals surface area contributed by atoms with Crippen LogP contribution in [0.1, 0.15) is 46.0 Å². The van der Waals surface area contributed by atoms with E-state index in [-0.39, 0.29) is 5.56 Å². The van der Waals surface area contributed by atoms with Crippen LogP contribution in [0.4, 0.5) is 5.69 Å².